The van der Waals surface area contributed by atoms with Crippen LogP contribution in [0.5, 0.6) is 0 Å². The fourth-order valence-electron chi connectivity index (χ4n) is 1.24. The Labute approximate surface area is 94.5 Å². The second-order valence-electron chi connectivity index (χ2n) is 2.88. The highest BCUT2D eigenvalue weighted by Gasteiger charge is 2.10. The molecule has 1 N–H and O–H groups in total. The molecule has 0 saturated heterocycles. The van der Waals surface area contributed by atoms with Crippen molar-refractivity contribution in [3.63, 3.8) is 0 Å². The van der Waals surface area contributed by atoms with Crippen LogP contribution in [-0.2, 0) is 0 Å². The van der Waals surface area contributed by atoms with E-state index in [4.69, 9.17) is 11.6 Å². The van der Waals surface area contributed by atoms with Crippen LogP contribution >= 0.6 is 22.9 Å². The summed E-state index contributed by atoms with van der Waals surface area (Å²) in [5.74, 6) is 6.01. The molecule has 0 amide bonds. The van der Waals surface area contributed by atoms with Gasteiger partial charge in [-0.25, -0.2) is 0 Å². The molecule has 0 aromatic carbocycles. The zero-order chi connectivity index (χ0) is 10.4. The summed E-state index contributed by atoms with van der Waals surface area (Å²) in [4.78, 5) is 1.26. The van der Waals surface area contributed by atoms with Crippen molar-refractivity contribution in [3.05, 3.63) is 21.3 Å². The van der Waals surface area contributed by atoms with E-state index in [1.165, 1.54) is 4.88 Å². The Hall–Kier alpha value is -0.490. The predicted molar refractivity (Wildman–Crippen MR) is 63.8 cm³/mol. The van der Waals surface area contributed by atoms with Crippen LogP contribution in [0.4, 0.5) is 0 Å². The van der Waals surface area contributed by atoms with Gasteiger partial charge in [0.05, 0.1) is 10.4 Å². The average molecular weight is 228 g/mol. The lowest BCUT2D eigenvalue weighted by Crippen LogP contribution is -2.19. The van der Waals surface area contributed by atoms with Crippen molar-refractivity contribution in [2.24, 2.45) is 0 Å². The maximum atomic E-state index is 5.89. The molecule has 1 heterocycles. The number of thiophene rings is 1. The first-order valence-electron chi connectivity index (χ1n) is 4.66. The van der Waals surface area contributed by atoms with Gasteiger partial charge in [-0.15, -0.1) is 23.2 Å². The highest BCUT2D eigenvalue weighted by atomic mass is 35.5. The first-order valence-corrected chi connectivity index (χ1v) is 5.85. The SMILES string of the molecule is CC#CCC(NCC)c1ccc(Cl)s1. The van der Waals surface area contributed by atoms with Gasteiger partial charge in [-0.1, -0.05) is 18.5 Å². The monoisotopic (exact) mass is 227 g/mol. The predicted octanol–water partition coefficient (Wildman–Crippen LogP) is 3.47. The van der Waals surface area contributed by atoms with E-state index in [0.717, 1.165) is 17.3 Å². The largest absolute Gasteiger partial charge is 0.309 e. The van der Waals surface area contributed by atoms with E-state index >= 15 is 0 Å². The molecule has 1 aromatic rings. The molecule has 0 spiro atoms. The quantitative estimate of drug-likeness (QED) is 0.777. The lowest BCUT2D eigenvalue weighted by Gasteiger charge is -2.12. The van der Waals surface area contributed by atoms with Gasteiger partial charge in [-0.2, -0.15) is 0 Å². The summed E-state index contributed by atoms with van der Waals surface area (Å²) in [6, 6.07) is 4.33. The van der Waals surface area contributed by atoms with Gasteiger partial charge in [0.1, 0.15) is 0 Å². The zero-order valence-corrected chi connectivity index (χ0v) is 10.0. The van der Waals surface area contributed by atoms with E-state index in [1.807, 2.05) is 13.0 Å². The van der Waals surface area contributed by atoms with E-state index in [9.17, 15) is 0 Å². The molecule has 1 aromatic heterocycles. The molecule has 14 heavy (non-hydrogen) atoms. The highest BCUT2D eigenvalue weighted by molar-refractivity contribution is 7.16. The summed E-state index contributed by atoms with van der Waals surface area (Å²) in [5.41, 5.74) is 0. The van der Waals surface area contributed by atoms with Gasteiger partial charge in [-0.05, 0) is 25.6 Å². The molecule has 1 atom stereocenters. The summed E-state index contributed by atoms with van der Waals surface area (Å²) in [5, 5.41) is 3.40. The van der Waals surface area contributed by atoms with Crippen molar-refractivity contribution in [1.82, 2.24) is 5.32 Å². The van der Waals surface area contributed by atoms with Gasteiger partial charge < -0.3 is 5.32 Å². The first kappa shape index (κ1) is 11.6. The minimum Gasteiger partial charge on any atom is -0.309 e. The smallest absolute Gasteiger partial charge is 0.0931 e. The van der Waals surface area contributed by atoms with Crippen LogP contribution in [0.1, 0.15) is 31.2 Å². The van der Waals surface area contributed by atoms with Gasteiger partial charge in [-0.3, -0.25) is 0 Å². The van der Waals surface area contributed by atoms with Crippen molar-refractivity contribution >= 4 is 22.9 Å². The number of hydrogen-bond acceptors (Lipinski definition) is 2. The van der Waals surface area contributed by atoms with Crippen molar-refractivity contribution in [3.8, 4) is 11.8 Å². The van der Waals surface area contributed by atoms with E-state index in [2.05, 4.69) is 30.1 Å². The second kappa shape index (κ2) is 6.08. The molecular formula is C11H14ClNS. The molecule has 3 heteroatoms. The van der Waals surface area contributed by atoms with Gasteiger partial charge in [0.25, 0.3) is 0 Å². The van der Waals surface area contributed by atoms with Crippen LogP contribution in [0.3, 0.4) is 0 Å². The molecule has 0 radical (unpaired) electrons. The van der Waals surface area contributed by atoms with Gasteiger partial charge in [0, 0.05) is 11.3 Å². The summed E-state index contributed by atoms with van der Waals surface area (Å²) >= 11 is 7.51. The Kier molecular flexibility index (Phi) is 5.03. The Morgan fingerprint density at radius 3 is 2.86 bits per heavy atom. The van der Waals surface area contributed by atoms with E-state index in [-0.39, 0.29) is 0 Å². The van der Waals surface area contributed by atoms with E-state index in [0.29, 0.717) is 6.04 Å². The van der Waals surface area contributed by atoms with Gasteiger partial charge >= 0.3 is 0 Å². The molecule has 76 valence electrons. The third-order valence-electron chi connectivity index (χ3n) is 1.87. The van der Waals surface area contributed by atoms with Crippen molar-refractivity contribution in [2.75, 3.05) is 6.54 Å². The molecule has 1 nitrogen and oxygen atoms in total. The topological polar surface area (TPSA) is 12.0 Å². The molecular weight excluding hydrogens is 214 g/mol. The molecule has 0 bridgehead atoms. The zero-order valence-electron chi connectivity index (χ0n) is 8.43. The Morgan fingerprint density at radius 2 is 2.36 bits per heavy atom. The first-order chi connectivity index (χ1) is 6.77. The molecule has 0 aliphatic rings. The summed E-state index contributed by atoms with van der Waals surface area (Å²) in [6.07, 6.45) is 0.848. The maximum Gasteiger partial charge on any atom is 0.0931 e. The lowest BCUT2D eigenvalue weighted by molar-refractivity contribution is 0.574. The molecule has 1 rings (SSSR count). The number of halogens is 1. The minimum atomic E-state index is 0.324. The molecule has 0 aliphatic heterocycles. The highest BCUT2D eigenvalue weighted by Crippen LogP contribution is 2.28. The van der Waals surface area contributed by atoms with Crippen LogP contribution < -0.4 is 5.32 Å². The standard InChI is InChI=1S/C11H14ClNS/c1-3-5-6-9(13-4-2)10-7-8-11(12)14-10/h7-9,13H,4,6H2,1-2H3. The van der Waals surface area contributed by atoms with Gasteiger partial charge in [0.2, 0.25) is 0 Å². The van der Waals surface area contributed by atoms with Crippen molar-refractivity contribution in [2.45, 2.75) is 26.3 Å². The Bertz CT molecular complexity index is 335. The second-order valence-corrected chi connectivity index (χ2v) is 4.63. The van der Waals surface area contributed by atoms with Crippen LogP contribution in [0.2, 0.25) is 4.34 Å². The van der Waals surface area contributed by atoms with Crippen LogP contribution in [0, 0.1) is 11.8 Å². The third kappa shape index (κ3) is 3.34. The number of hydrogen-bond donors (Lipinski definition) is 1. The normalized spacial score (nSPS) is 11.9. The fraction of sp³-hybridized carbons (Fsp3) is 0.455. The summed E-state index contributed by atoms with van der Waals surface area (Å²) < 4.78 is 0.840. The van der Waals surface area contributed by atoms with Crippen molar-refractivity contribution < 1.29 is 0 Å². The van der Waals surface area contributed by atoms with Crippen molar-refractivity contribution in [1.29, 1.82) is 0 Å². The number of nitrogens with one attached hydrogen (secondary N) is 1. The third-order valence-corrected chi connectivity index (χ3v) is 3.22. The maximum absolute atomic E-state index is 5.89. The number of rotatable bonds is 4. The summed E-state index contributed by atoms with van der Waals surface area (Å²) in [6.45, 7) is 4.91. The van der Waals surface area contributed by atoms with E-state index < -0.39 is 0 Å². The molecule has 0 aliphatic carbocycles. The van der Waals surface area contributed by atoms with E-state index in [1.54, 1.807) is 11.3 Å². The van der Waals surface area contributed by atoms with Crippen LogP contribution in [0.15, 0.2) is 12.1 Å². The Balaban J connectivity index is 2.69. The van der Waals surface area contributed by atoms with Gasteiger partial charge in [0.15, 0.2) is 0 Å². The minimum absolute atomic E-state index is 0.324. The average Bonchev–Trinajstić information content (AvgIpc) is 2.59. The molecule has 1 unspecified atom stereocenters. The Morgan fingerprint density at radius 1 is 1.57 bits per heavy atom. The molecule has 0 saturated carbocycles. The lowest BCUT2D eigenvalue weighted by atomic mass is 10.2. The molecule has 0 fully saturated rings. The summed E-state index contributed by atoms with van der Waals surface area (Å²) in [7, 11) is 0. The van der Waals surface area contributed by atoms with Crippen LogP contribution in [-0.4, -0.2) is 6.54 Å². The fourth-order valence-corrected chi connectivity index (χ4v) is 2.38. The van der Waals surface area contributed by atoms with Crippen LogP contribution in [0.25, 0.3) is 0 Å².